The lowest BCUT2D eigenvalue weighted by molar-refractivity contribution is -0.122. The quantitative estimate of drug-likeness (QED) is 0.623. The van der Waals surface area contributed by atoms with Crippen LogP contribution in [0.3, 0.4) is 0 Å². The summed E-state index contributed by atoms with van der Waals surface area (Å²) in [5, 5.41) is 2.98. The highest BCUT2D eigenvalue weighted by Gasteiger charge is 2.13. The van der Waals surface area contributed by atoms with Crippen molar-refractivity contribution in [3.05, 3.63) is 0 Å². The minimum absolute atomic E-state index is 0.137. The molecule has 4 nitrogen and oxygen atoms in total. The number of likely N-dealkylation sites (N-methyl/N-ethyl adjacent to an activating group) is 1. The van der Waals surface area contributed by atoms with Gasteiger partial charge in [0.05, 0.1) is 0 Å². The summed E-state index contributed by atoms with van der Waals surface area (Å²) in [5.74, 6) is 1.05. The van der Waals surface area contributed by atoms with E-state index >= 15 is 0 Å². The minimum Gasteiger partial charge on any atom is -0.355 e. The summed E-state index contributed by atoms with van der Waals surface area (Å²) in [6.07, 6.45) is 1.59. The monoisotopic (exact) mass is 257 g/mol. The van der Waals surface area contributed by atoms with Gasteiger partial charge < -0.3 is 16.0 Å². The Bertz CT molecular complexity index is 215. The van der Waals surface area contributed by atoms with Gasteiger partial charge in [0, 0.05) is 19.5 Å². The van der Waals surface area contributed by atoms with Crippen LogP contribution in [0.15, 0.2) is 0 Å². The molecular weight excluding hydrogens is 226 g/mol. The van der Waals surface area contributed by atoms with Crippen molar-refractivity contribution >= 4 is 5.91 Å². The van der Waals surface area contributed by atoms with E-state index < -0.39 is 0 Å². The van der Waals surface area contributed by atoms with Gasteiger partial charge in [-0.1, -0.05) is 27.7 Å². The van der Waals surface area contributed by atoms with E-state index in [2.05, 4.69) is 37.9 Å². The van der Waals surface area contributed by atoms with Crippen LogP contribution in [0.1, 0.15) is 40.5 Å². The first-order valence-electron chi connectivity index (χ1n) is 7.22. The summed E-state index contributed by atoms with van der Waals surface area (Å²) in [5.41, 5.74) is 5.70. The molecule has 0 rings (SSSR count). The zero-order valence-corrected chi connectivity index (χ0v) is 12.5. The predicted octanol–water partition coefficient (Wildman–Crippen LogP) is 1.46. The van der Waals surface area contributed by atoms with Gasteiger partial charge in [0.15, 0.2) is 0 Å². The van der Waals surface area contributed by atoms with Gasteiger partial charge in [-0.15, -0.1) is 0 Å². The Balaban J connectivity index is 3.81. The van der Waals surface area contributed by atoms with E-state index in [1.54, 1.807) is 0 Å². The predicted molar refractivity (Wildman–Crippen MR) is 77.4 cm³/mol. The molecule has 18 heavy (non-hydrogen) atoms. The molecule has 0 bridgehead atoms. The maximum atomic E-state index is 11.8. The number of hydrogen-bond acceptors (Lipinski definition) is 3. The number of nitrogens with zero attached hydrogens (tertiary/aromatic N) is 1. The fraction of sp³-hybridized carbons (Fsp3) is 0.929. The maximum Gasteiger partial charge on any atom is 0.220 e. The molecule has 1 amide bonds. The standard InChI is InChI=1S/C14H31N3O/c1-5-17(6-2)8-7-16-14(18)10-13(11-15)9-12(3)4/h12-13H,5-11,15H2,1-4H3,(H,16,18)/t13-/m0/s1. The Labute approximate surface area is 112 Å². The van der Waals surface area contributed by atoms with Crippen LogP contribution in [0, 0.1) is 11.8 Å². The molecule has 0 aliphatic rings. The van der Waals surface area contributed by atoms with Gasteiger partial charge in [-0.25, -0.2) is 0 Å². The van der Waals surface area contributed by atoms with Gasteiger partial charge in [-0.2, -0.15) is 0 Å². The molecule has 0 radical (unpaired) electrons. The van der Waals surface area contributed by atoms with Gasteiger partial charge in [0.25, 0.3) is 0 Å². The average molecular weight is 257 g/mol. The molecule has 0 saturated heterocycles. The molecular formula is C14H31N3O. The summed E-state index contributed by atoms with van der Waals surface area (Å²) >= 11 is 0. The third-order valence-electron chi connectivity index (χ3n) is 3.26. The lowest BCUT2D eigenvalue weighted by Crippen LogP contribution is -2.36. The fourth-order valence-corrected chi connectivity index (χ4v) is 2.16. The van der Waals surface area contributed by atoms with Gasteiger partial charge in [0.1, 0.15) is 0 Å². The first-order valence-corrected chi connectivity index (χ1v) is 7.22. The molecule has 0 heterocycles. The summed E-state index contributed by atoms with van der Waals surface area (Å²) in [7, 11) is 0. The first-order chi connectivity index (χ1) is 8.53. The number of nitrogens with two attached hydrogens (primary N) is 1. The SMILES string of the molecule is CCN(CC)CCNC(=O)C[C@@H](CN)CC(C)C. The largest absolute Gasteiger partial charge is 0.355 e. The second-order valence-electron chi connectivity index (χ2n) is 5.31. The molecule has 0 aromatic carbocycles. The lowest BCUT2D eigenvalue weighted by Gasteiger charge is -2.19. The summed E-state index contributed by atoms with van der Waals surface area (Å²) in [6, 6.07) is 0. The topological polar surface area (TPSA) is 58.4 Å². The van der Waals surface area contributed by atoms with Crippen molar-refractivity contribution < 1.29 is 4.79 Å². The van der Waals surface area contributed by atoms with Crippen LogP contribution in [0.5, 0.6) is 0 Å². The van der Waals surface area contributed by atoms with Crippen LogP contribution in [-0.2, 0) is 4.79 Å². The van der Waals surface area contributed by atoms with E-state index in [0.29, 0.717) is 24.8 Å². The average Bonchev–Trinajstić information content (AvgIpc) is 2.33. The summed E-state index contributed by atoms with van der Waals surface area (Å²) in [4.78, 5) is 14.1. The van der Waals surface area contributed by atoms with Crippen molar-refractivity contribution in [3.63, 3.8) is 0 Å². The highest BCUT2D eigenvalue weighted by molar-refractivity contribution is 5.76. The molecule has 108 valence electrons. The van der Waals surface area contributed by atoms with E-state index in [4.69, 9.17) is 5.73 Å². The van der Waals surface area contributed by atoms with E-state index in [1.165, 1.54) is 0 Å². The molecule has 0 aromatic heterocycles. The number of nitrogens with one attached hydrogen (secondary N) is 1. The van der Waals surface area contributed by atoms with Crippen molar-refractivity contribution in [1.82, 2.24) is 10.2 Å². The van der Waals surface area contributed by atoms with Crippen molar-refractivity contribution in [2.45, 2.75) is 40.5 Å². The van der Waals surface area contributed by atoms with Gasteiger partial charge in [-0.05, 0) is 37.9 Å². The van der Waals surface area contributed by atoms with Crippen LogP contribution in [0.25, 0.3) is 0 Å². The molecule has 0 spiro atoms. The number of rotatable bonds is 10. The fourth-order valence-electron chi connectivity index (χ4n) is 2.16. The number of amides is 1. The van der Waals surface area contributed by atoms with Gasteiger partial charge in [-0.3, -0.25) is 4.79 Å². The number of hydrogen-bond donors (Lipinski definition) is 2. The van der Waals surface area contributed by atoms with Crippen molar-refractivity contribution in [1.29, 1.82) is 0 Å². The molecule has 0 aromatic rings. The maximum absolute atomic E-state index is 11.8. The van der Waals surface area contributed by atoms with Gasteiger partial charge in [0.2, 0.25) is 5.91 Å². The molecule has 0 unspecified atom stereocenters. The Morgan fingerprint density at radius 3 is 2.33 bits per heavy atom. The minimum atomic E-state index is 0.137. The zero-order valence-electron chi connectivity index (χ0n) is 12.5. The third-order valence-corrected chi connectivity index (χ3v) is 3.26. The normalized spacial score (nSPS) is 13.1. The van der Waals surface area contributed by atoms with Crippen LogP contribution < -0.4 is 11.1 Å². The lowest BCUT2D eigenvalue weighted by atomic mass is 9.94. The van der Waals surface area contributed by atoms with Gasteiger partial charge >= 0.3 is 0 Å². The molecule has 3 N–H and O–H groups in total. The summed E-state index contributed by atoms with van der Waals surface area (Å²) < 4.78 is 0. The van der Waals surface area contributed by atoms with Crippen LogP contribution in [0.2, 0.25) is 0 Å². The Hall–Kier alpha value is -0.610. The molecule has 0 fully saturated rings. The van der Waals surface area contributed by atoms with Crippen LogP contribution in [0.4, 0.5) is 0 Å². The molecule has 0 aliphatic carbocycles. The van der Waals surface area contributed by atoms with Crippen molar-refractivity contribution in [2.24, 2.45) is 17.6 Å². The first kappa shape index (κ1) is 17.4. The smallest absolute Gasteiger partial charge is 0.220 e. The van der Waals surface area contributed by atoms with Crippen molar-refractivity contribution in [3.8, 4) is 0 Å². The number of carbonyl (C=O) groups excluding carboxylic acids is 1. The number of carbonyl (C=O) groups is 1. The van der Waals surface area contributed by atoms with Crippen LogP contribution in [-0.4, -0.2) is 43.5 Å². The molecule has 1 atom stereocenters. The Morgan fingerprint density at radius 1 is 1.28 bits per heavy atom. The third kappa shape index (κ3) is 8.48. The second kappa shape index (κ2) is 10.3. The summed E-state index contributed by atoms with van der Waals surface area (Å²) in [6.45, 7) is 12.9. The second-order valence-corrected chi connectivity index (χ2v) is 5.31. The van der Waals surface area contributed by atoms with E-state index in [-0.39, 0.29) is 5.91 Å². The van der Waals surface area contributed by atoms with E-state index in [9.17, 15) is 4.79 Å². The van der Waals surface area contributed by atoms with Crippen molar-refractivity contribution in [2.75, 3.05) is 32.7 Å². The molecule has 0 aliphatic heterocycles. The highest BCUT2D eigenvalue weighted by atomic mass is 16.1. The van der Waals surface area contributed by atoms with E-state index in [0.717, 1.165) is 32.6 Å². The Kier molecular flexibility index (Phi) is 9.98. The van der Waals surface area contributed by atoms with E-state index in [1.807, 2.05) is 0 Å². The molecule has 0 saturated carbocycles. The van der Waals surface area contributed by atoms with Crippen LogP contribution >= 0.6 is 0 Å². The molecule has 4 heteroatoms. The zero-order chi connectivity index (χ0) is 14.0. The Morgan fingerprint density at radius 2 is 1.89 bits per heavy atom. The highest BCUT2D eigenvalue weighted by Crippen LogP contribution is 2.13.